The molecule has 0 unspecified atom stereocenters. The van der Waals surface area contributed by atoms with Gasteiger partial charge >= 0.3 is 6.18 Å². The molecule has 0 atom stereocenters. The monoisotopic (exact) mass is 474 g/mol. The van der Waals surface area contributed by atoms with Crippen molar-refractivity contribution < 1.29 is 27.6 Å². The molecule has 0 fully saturated rings. The van der Waals surface area contributed by atoms with Gasteiger partial charge in [0.15, 0.2) is 5.69 Å². The minimum Gasteiger partial charge on any atom is -0.457 e. The van der Waals surface area contributed by atoms with Crippen LogP contribution in [0.3, 0.4) is 0 Å². The quantitative estimate of drug-likeness (QED) is 0.377. The number of hydrogen-bond acceptors (Lipinski definition) is 5. The highest BCUT2D eigenvalue weighted by molar-refractivity contribution is 6.35. The van der Waals surface area contributed by atoms with Crippen LogP contribution in [-0.4, -0.2) is 20.6 Å². The topological polar surface area (TPSA) is 99.3 Å². The second kappa shape index (κ2) is 8.44. The van der Waals surface area contributed by atoms with Gasteiger partial charge in [0, 0.05) is 24.2 Å². The minimum atomic E-state index is -4.86. The number of non-ortho nitro benzene ring substituents is 1. The second-order valence-electron chi connectivity index (χ2n) is 6.12. The molecule has 1 amide bonds. The highest BCUT2D eigenvalue weighted by atomic mass is 35.5. The summed E-state index contributed by atoms with van der Waals surface area (Å²) < 4.78 is 45.1. The van der Waals surface area contributed by atoms with E-state index in [1.165, 1.54) is 18.2 Å². The van der Waals surface area contributed by atoms with Gasteiger partial charge in [-0.05, 0) is 24.3 Å². The summed E-state index contributed by atoms with van der Waals surface area (Å²) >= 11 is 11.5. The molecule has 162 valence electrons. The van der Waals surface area contributed by atoms with Crippen molar-refractivity contribution in [2.75, 3.05) is 5.32 Å². The molecule has 0 bridgehead atoms. The molecule has 2 aromatic carbocycles. The van der Waals surface area contributed by atoms with Crippen LogP contribution < -0.4 is 10.1 Å². The summed E-state index contributed by atoms with van der Waals surface area (Å²) in [4.78, 5) is 23.1. The summed E-state index contributed by atoms with van der Waals surface area (Å²) in [5.74, 6) is -0.737. The van der Waals surface area contributed by atoms with Gasteiger partial charge in [0.25, 0.3) is 11.6 Å². The van der Waals surface area contributed by atoms with Gasteiger partial charge in [-0.15, -0.1) is 0 Å². The van der Waals surface area contributed by atoms with Gasteiger partial charge in [-0.1, -0.05) is 23.2 Å². The fourth-order valence-corrected chi connectivity index (χ4v) is 3.05. The minimum absolute atomic E-state index is 0.00101. The molecule has 1 aromatic heterocycles. The maximum Gasteiger partial charge on any atom is 0.436 e. The normalized spacial score (nSPS) is 11.3. The number of carbonyl (C=O) groups is 1. The van der Waals surface area contributed by atoms with Gasteiger partial charge in [0.1, 0.15) is 22.2 Å². The Labute approximate surface area is 182 Å². The number of ether oxygens (including phenoxy) is 1. The third-order valence-corrected chi connectivity index (χ3v) is 4.49. The van der Waals surface area contributed by atoms with Gasteiger partial charge in [-0.2, -0.15) is 18.3 Å². The van der Waals surface area contributed by atoms with E-state index in [2.05, 4.69) is 10.4 Å². The van der Waals surface area contributed by atoms with Gasteiger partial charge < -0.3 is 10.1 Å². The van der Waals surface area contributed by atoms with E-state index in [4.69, 9.17) is 27.9 Å². The fourth-order valence-electron chi connectivity index (χ4n) is 2.57. The first kappa shape index (κ1) is 22.4. The number of alkyl halides is 3. The summed E-state index contributed by atoms with van der Waals surface area (Å²) in [7, 11) is 1.11. The van der Waals surface area contributed by atoms with E-state index in [1.54, 1.807) is 12.1 Å². The molecule has 3 rings (SSSR count). The van der Waals surface area contributed by atoms with Crippen molar-refractivity contribution >= 4 is 40.5 Å². The van der Waals surface area contributed by atoms with Gasteiger partial charge in [-0.3, -0.25) is 19.6 Å². The van der Waals surface area contributed by atoms with E-state index < -0.39 is 39.1 Å². The Kier molecular flexibility index (Phi) is 6.09. The number of rotatable bonds is 5. The van der Waals surface area contributed by atoms with Gasteiger partial charge in [0.2, 0.25) is 0 Å². The third-order valence-electron chi connectivity index (χ3n) is 3.88. The molecule has 0 aliphatic heterocycles. The third kappa shape index (κ3) is 5.06. The number of hydrogen-bond donors (Lipinski definition) is 1. The van der Waals surface area contributed by atoms with Crippen molar-refractivity contribution in [3.05, 3.63) is 74.0 Å². The Balaban J connectivity index is 1.93. The number of amides is 1. The number of aromatic nitrogens is 2. The molecule has 13 heteroatoms. The first-order valence-electron chi connectivity index (χ1n) is 8.29. The van der Waals surface area contributed by atoms with E-state index in [1.807, 2.05) is 0 Å². The number of nitrogens with zero attached hydrogens (tertiary/aromatic N) is 3. The standard InChI is InChI=1S/C18H11Cl2F3N4O4/c1-26-15(14(20)16(25-26)18(21,22)23)17(28)24-10-6-11(27(29)30)8-13(7-10)31-12-4-2-9(19)3-5-12/h2-8H,1H3,(H,24,28). The summed E-state index contributed by atoms with van der Waals surface area (Å²) in [5, 5.41) is 16.3. The Morgan fingerprint density at radius 2 is 1.81 bits per heavy atom. The number of anilines is 1. The van der Waals surface area contributed by atoms with E-state index in [0.717, 1.165) is 19.2 Å². The van der Waals surface area contributed by atoms with Crippen molar-refractivity contribution in [3.63, 3.8) is 0 Å². The Morgan fingerprint density at radius 1 is 1.16 bits per heavy atom. The molecular formula is C18H11Cl2F3N4O4. The lowest BCUT2D eigenvalue weighted by molar-refractivity contribution is -0.384. The van der Waals surface area contributed by atoms with Crippen molar-refractivity contribution in [1.82, 2.24) is 9.78 Å². The predicted molar refractivity (Wildman–Crippen MR) is 106 cm³/mol. The van der Waals surface area contributed by atoms with E-state index in [0.29, 0.717) is 15.5 Å². The maximum absolute atomic E-state index is 13.0. The van der Waals surface area contributed by atoms with Crippen LogP contribution in [0.5, 0.6) is 11.5 Å². The average Bonchev–Trinajstić information content (AvgIpc) is 2.98. The summed E-state index contributed by atoms with van der Waals surface area (Å²) in [5.41, 5.74) is -2.52. The van der Waals surface area contributed by atoms with Crippen molar-refractivity contribution in [1.29, 1.82) is 0 Å². The Morgan fingerprint density at radius 3 is 2.35 bits per heavy atom. The van der Waals surface area contributed by atoms with Crippen LogP contribution in [0.4, 0.5) is 24.5 Å². The summed E-state index contributed by atoms with van der Waals surface area (Å²) in [6, 6.07) is 9.51. The molecular weight excluding hydrogens is 464 g/mol. The molecule has 8 nitrogen and oxygen atoms in total. The lowest BCUT2D eigenvalue weighted by Crippen LogP contribution is -2.16. The van der Waals surface area contributed by atoms with Crippen LogP contribution in [0.2, 0.25) is 10.0 Å². The van der Waals surface area contributed by atoms with Crippen LogP contribution in [0.1, 0.15) is 16.2 Å². The maximum atomic E-state index is 13.0. The number of aryl methyl sites for hydroxylation is 1. The SMILES string of the molecule is Cn1nc(C(F)(F)F)c(Cl)c1C(=O)Nc1cc(Oc2ccc(Cl)cc2)cc([N+](=O)[O-])c1. The zero-order chi connectivity index (χ0) is 22.9. The van der Waals surface area contributed by atoms with Crippen LogP contribution in [0.25, 0.3) is 0 Å². The van der Waals surface area contributed by atoms with Crippen LogP contribution in [0, 0.1) is 10.1 Å². The largest absolute Gasteiger partial charge is 0.457 e. The fraction of sp³-hybridized carbons (Fsp3) is 0.111. The first-order chi connectivity index (χ1) is 14.5. The zero-order valence-electron chi connectivity index (χ0n) is 15.4. The first-order valence-corrected chi connectivity index (χ1v) is 9.05. The predicted octanol–water partition coefficient (Wildman–Crippen LogP) is 5.70. The molecule has 0 aliphatic carbocycles. The molecule has 0 aliphatic rings. The number of nitrogens with one attached hydrogen (secondary N) is 1. The molecule has 0 saturated heterocycles. The molecule has 0 spiro atoms. The van der Waals surface area contributed by atoms with Crippen LogP contribution in [0.15, 0.2) is 42.5 Å². The number of benzene rings is 2. The van der Waals surface area contributed by atoms with Crippen molar-refractivity contribution in [3.8, 4) is 11.5 Å². The van der Waals surface area contributed by atoms with E-state index in [-0.39, 0.29) is 11.4 Å². The van der Waals surface area contributed by atoms with Crippen LogP contribution >= 0.6 is 23.2 Å². The highest BCUT2D eigenvalue weighted by Gasteiger charge is 2.39. The molecule has 0 radical (unpaired) electrons. The number of nitro groups is 1. The smallest absolute Gasteiger partial charge is 0.436 e. The number of halogens is 5. The van der Waals surface area contributed by atoms with Gasteiger partial charge in [0.05, 0.1) is 16.7 Å². The highest BCUT2D eigenvalue weighted by Crippen LogP contribution is 2.36. The molecule has 31 heavy (non-hydrogen) atoms. The van der Waals surface area contributed by atoms with E-state index in [9.17, 15) is 28.1 Å². The zero-order valence-corrected chi connectivity index (χ0v) is 16.9. The van der Waals surface area contributed by atoms with E-state index >= 15 is 0 Å². The Hall–Kier alpha value is -3.31. The number of nitro benzene ring substituents is 1. The van der Waals surface area contributed by atoms with Crippen LogP contribution in [-0.2, 0) is 13.2 Å². The van der Waals surface area contributed by atoms with Crippen molar-refractivity contribution in [2.24, 2.45) is 7.05 Å². The molecule has 3 aromatic rings. The summed E-state index contributed by atoms with van der Waals surface area (Å²) in [6.07, 6.45) is -4.86. The molecule has 1 N–H and O–H groups in total. The van der Waals surface area contributed by atoms with Crippen molar-refractivity contribution in [2.45, 2.75) is 6.18 Å². The molecule has 1 heterocycles. The Bertz CT molecular complexity index is 1160. The number of carbonyl (C=O) groups excluding carboxylic acids is 1. The average molecular weight is 475 g/mol. The summed E-state index contributed by atoms with van der Waals surface area (Å²) in [6.45, 7) is 0. The molecule has 0 saturated carbocycles. The lowest BCUT2D eigenvalue weighted by Gasteiger charge is -2.10. The second-order valence-corrected chi connectivity index (χ2v) is 6.93. The van der Waals surface area contributed by atoms with Gasteiger partial charge in [-0.25, -0.2) is 0 Å². The lowest BCUT2D eigenvalue weighted by atomic mass is 10.2.